The molecule has 0 spiro atoms. The van der Waals surface area contributed by atoms with E-state index in [1.165, 1.54) is 0 Å². The highest BCUT2D eigenvalue weighted by atomic mass is 16.5. The van der Waals surface area contributed by atoms with Crippen LogP contribution < -0.4 is 15.4 Å². The maximum Gasteiger partial charge on any atom is 0.313 e. The molecule has 1 rings (SSSR count). The maximum atomic E-state index is 12.0. The number of nitrogens with one attached hydrogen (secondary N) is 2. The Balaban J connectivity index is 2.40. The number of anilines is 1. The van der Waals surface area contributed by atoms with E-state index in [-0.39, 0.29) is 0 Å². The third-order valence-electron chi connectivity index (χ3n) is 4.18. The number of carbonyl (C=O) groups is 2. The van der Waals surface area contributed by atoms with Crippen LogP contribution in [0.4, 0.5) is 5.69 Å². The molecule has 0 saturated heterocycles. The van der Waals surface area contributed by atoms with Gasteiger partial charge in [-0.05, 0) is 43.0 Å². The van der Waals surface area contributed by atoms with Gasteiger partial charge in [0.1, 0.15) is 5.75 Å². The minimum atomic E-state index is -0.634. The molecule has 0 aliphatic rings. The molecular weight excluding hydrogens is 316 g/mol. The first-order valence-corrected chi connectivity index (χ1v) is 9.42. The van der Waals surface area contributed by atoms with Gasteiger partial charge in [0.15, 0.2) is 0 Å². The van der Waals surface area contributed by atoms with Gasteiger partial charge in [-0.15, -0.1) is 0 Å². The molecule has 1 aromatic rings. The van der Waals surface area contributed by atoms with Crippen LogP contribution in [0.5, 0.6) is 5.75 Å². The number of unbranched alkanes of at least 4 members (excludes halogenated alkanes) is 2. The van der Waals surface area contributed by atoms with E-state index in [0.29, 0.717) is 24.8 Å². The van der Waals surface area contributed by atoms with Crippen LogP contribution in [0.3, 0.4) is 0 Å². The molecule has 1 atom stereocenters. The lowest BCUT2D eigenvalue weighted by Crippen LogP contribution is -2.38. The summed E-state index contributed by atoms with van der Waals surface area (Å²) in [6, 6.07) is 7.06. The number of hydrogen-bond acceptors (Lipinski definition) is 3. The lowest BCUT2D eigenvalue weighted by atomic mass is 9.99. The van der Waals surface area contributed by atoms with Crippen molar-refractivity contribution >= 4 is 17.5 Å². The van der Waals surface area contributed by atoms with Crippen molar-refractivity contribution in [2.75, 3.05) is 18.5 Å². The van der Waals surface area contributed by atoms with Gasteiger partial charge in [0.05, 0.1) is 6.61 Å². The predicted octanol–water partition coefficient (Wildman–Crippen LogP) is 4.14. The first-order valence-electron chi connectivity index (χ1n) is 9.42. The average Bonchev–Trinajstić information content (AvgIpc) is 2.63. The zero-order valence-corrected chi connectivity index (χ0v) is 15.8. The molecule has 2 amide bonds. The summed E-state index contributed by atoms with van der Waals surface area (Å²) in [6.45, 7) is 7.60. The maximum absolute atomic E-state index is 12.0. The number of carbonyl (C=O) groups excluding carboxylic acids is 2. The highest BCUT2D eigenvalue weighted by Gasteiger charge is 2.15. The molecule has 0 fully saturated rings. The minimum Gasteiger partial charge on any atom is -0.494 e. The second-order valence-corrected chi connectivity index (χ2v) is 6.31. The van der Waals surface area contributed by atoms with Crippen LogP contribution in [0, 0.1) is 5.92 Å². The Morgan fingerprint density at radius 2 is 1.68 bits per heavy atom. The second kappa shape index (κ2) is 12.3. The zero-order chi connectivity index (χ0) is 18.5. The van der Waals surface area contributed by atoms with E-state index in [4.69, 9.17) is 4.74 Å². The van der Waals surface area contributed by atoms with Crippen molar-refractivity contribution in [2.24, 2.45) is 5.92 Å². The van der Waals surface area contributed by atoms with Gasteiger partial charge in [0.25, 0.3) is 0 Å². The molecule has 0 heterocycles. The normalized spacial score (nSPS) is 11.6. The lowest BCUT2D eigenvalue weighted by Gasteiger charge is -2.15. The number of amides is 2. The zero-order valence-electron chi connectivity index (χ0n) is 15.8. The first-order chi connectivity index (χ1) is 12.1. The van der Waals surface area contributed by atoms with E-state index in [9.17, 15) is 9.59 Å². The molecule has 0 saturated carbocycles. The largest absolute Gasteiger partial charge is 0.494 e. The Bertz CT molecular complexity index is 514. The van der Waals surface area contributed by atoms with Gasteiger partial charge < -0.3 is 15.4 Å². The molecular formula is C20H32N2O3. The number of ether oxygens (including phenoxy) is 1. The molecule has 0 bridgehead atoms. The van der Waals surface area contributed by atoms with Crippen molar-refractivity contribution in [2.45, 2.75) is 59.3 Å². The Morgan fingerprint density at radius 3 is 2.28 bits per heavy atom. The van der Waals surface area contributed by atoms with Crippen LogP contribution in [-0.2, 0) is 9.59 Å². The molecule has 140 valence electrons. The van der Waals surface area contributed by atoms with Crippen LogP contribution in [-0.4, -0.2) is 25.0 Å². The summed E-state index contributed by atoms with van der Waals surface area (Å²) in [6.07, 6.45) is 6.46. The predicted molar refractivity (Wildman–Crippen MR) is 102 cm³/mol. The third-order valence-corrected chi connectivity index (χ3v) is 4.18. The standard InChI is InChI=1S/C20H32N2O3/c1-4-7-9-16(6-3)15-21-19(23)20(24)22-17-10-12-18(13-11-17)25-14-8-5-2/h10-13,16H,4-9,14-15H2,1-3H3,(H,21,23)(H,22,24). The summed E-state index contributed by atoms with van der Waals surface area (Å²) < 4.78 is 5.57. The summed E-state index contributed by atoms with van der Waals surface area (Å²) in [5, 5.41) is 5.35. The lowest BCUT2D eigenvalue weighted by molar-refractivity contribution is -0.136. The molecule has 1 unspecified atom stereocenters. The third kappa shape index (κ3) is 8.57. The minimum absolute atomic E-state index is 0.427. The summed E-state index contributed by atoms with van der Waals surface area (Å²) in [5.74, 6) is -0.0305. The molecule has 1 aromatic carbocycles. The van der Waals surface area contributed by atoms with Gasteiger partial charge in [-0.3, -0.25) is 9.59 Å². The van der Waals surface area contributed by atoms with E-state index in [0.717, 1.165) is 44.3 Å². The Hall–Kier alpha value is -2.04. The Morgan fingerprint density at radius 1 is 1.00 bits per heavy atom. The monoisotopic (exact) mass is 348 g/mol. The molecule has 2 N–H and O–H groups in total. The van der Waals surface area contributed by atoms with E-state index < -0.39 is 11.8 Å². The van der Waals surface area contributed by atoms with Gasteiger partial charge >= 0.3 is 11.8 Å². The molecule has 0 aliphatic heterocycles. The Labute approximate surface area is 151 Å². The van der Waals surface area contributed by atoms with Gasteiger partial charge in [-0.2, -0.15) is 0 Å². The summed E-state index contributed by atoms with van der Waals surface area (Å²) >= 11 is 0. The van der Waals surface area contributed by atoms with E-state index in [2.05, 4.69) is 31.4 Å². The molecule has 0 aromatic heterocycles. The van der Waals surface area contributed by atoms with Gasteiger partial charge in [0, 0.05) is 12.2 Å². The fourth-order valence-electron chi connectivity index (χ4n) is 2.42. The smallest absolute Gasteiger partial charge is 0.313 e. The van der Waals surface area contributed by atoms with E-state index in [1.807, 2.05) is 0 Å². The SMILES string of the molecule is CCCCOc1ccc(NC(=O)C(=O)NCC(CC)CCCC)cc1. The molecule has 25 heavy (non-hydrogen) atoms. The molecule has 0 radical (unpaired) electrons. The van der Waals surface area contributed by atoms with Crippen LogP contribution in [0.1, 0.15) is 59.3 Å². The van der Waals surface area contributed by atoms with Crippen LogP contribution in [0.15, 0.2) is 24.3 Å². The van der Waals surface area contributed by atoms with Crippen molar-refractivity contribution in [1.29, 1.82) is 0 Å². The quantitative estimate of drug-likeness (QED) is 0.466. The highest BCUT2D eigenvalue weighted by Crippen LogP contribution is 2.16. The number of benzene rings is 1. The van der Waals surface area contributed by atoms with E-state index in [1.54, 1.807) is 24.3 Å². The molecule has 5 heteroatoms. The van der Waals surface area contributed by atoms with Crippen LogP contribution in [0.2, 0.25) is 0 Å². The van der Waals surface area contributed by atoms with Crippen molar-refractivity contribution in [3.05, 3.63) is 24.3 Å². The van der Waals surface area contributed by atoms with Crippen LogP contribution in [0.25, 0.3) is 0 Å². The summed E-state index contributed by atoms with van der Waals surface area (Å²) in [7, 11) is 0. The summed E-state index contributed by atoms with van der Waals surface area (Å²) in [5.41, 5.74) is 0.584. The highest BCUT2D eigenvalue weighted by molar-refractivity contribution is 6.39. The van der Waals surface area contributed by atoms with Gasteiger partial charge in [-0.1, -0.05) is 46.5 Å². The van der Waals surface area contributed by atoms with Crippen molar-refractivity contribution in [1.82, 2.24) is 5.32 Å². The van der Waals surface area contributed by atoms with Gasteiger partial charge in [-0.25, -0.2) is 0 Å². The van der Waals surface area contributed by atoms with Crippen molar-refractivity contribution < 1.29 is 14.3 Å². The fourth-order valence-corrected chi connectivity index (χ4v) is 2.42. The summed E-state index contributed by atoms with van der Waals surface area (Å²) in [4.78, 5) is 23.9. The second-order valence-electron chi connectivity index (χ2n) is 6.31. The molecule has 0 aliphatic carbocycles. The van der Waals surface area contributed by atoms with Crippen molar-refractivity contribution in [3.8, 4) is 5.75 Å². The van der Waals surface area contributed by atoms with Crippen molar-refractivity contribution in [3.63, 3.8) is 0 Å². The number of hydrogen-bond donors (Lipinski definition) is 2. The van der Waals surface area contributed by atoms with Gasteiger partial charge in [0.2, 0.25) is 0 Å². The number of rotatable bonds is 11. The first kappa shape index (κ1) is 21.0. The molecule has 5 nitrogen and oxygen atoms in total. The van der Waals surface area contributed by atoms with E-state index >= 15 is 0 Å². The average molecular weight is 348 g/mol. The van der Waals surface area contributed by atoms with Crippen LogP contribution >= 0.6 is 0 Å². The fraction of sp³-hybridized carbons (Fsp3) is 0.600. The Kier molecular flexibility index (Phi) is 10.4. The topological polar surface area (TPSA) is 67.4 Å².